The van der Waals surface area contributed by atoms with E-state index in [1.807, 2.05) is 0 Å². The Kier molecular flexibility index (Phi) is 5.43. The summed E-state index contributed by atoms with van der Waals surface area (Å²) in [5.41, 5.74) is -0.0494. The quantitative estimate of drug-likeness (QED) is 0.424. The Morgan fingerprint density at radius 1 is 0.914 bits per heavy atom. The molecule has 0 bridgehead atoms. The van der Waals surface area contributed by atoms with Crippen LogP contribution in [0.25, 0.3) is 0 Å². The third-order valence-corrected chi connectivity index (χ3v) is 6.58. The number of nitrogens with one attached hydrogen (secondary N) is 2. The highest BCUT2D eigenvalue weighted by Crippen LogP contribution is 2.35. The zero-order chi connectivity index (χ0) is 24.7. The fourth-order valence-electron chi connectivity index (χ4n) is 4.89. The summed E-state index contributed by atoms with van der Waals surface area (Å²) >= 11 is 0. The van der Waals surface area contributed by atoms with Gasteiger partial charge in [-0.3, -0.25) is 28.9 Å². The monoisotopic (exact) mass is 475 g/mol. The zero-order valence-electron chi connectivity index (χ0n) is 18.6. The molecule has 0 atom stereocenters. The fraction of sp³-hybridized carbons (Fsp3) is 0.280. The van der Waals surface area contributed by atoms with E-state index in [1.54, 1.807) is 24.3 Å². The van der Waals surface area contributed by atoms with Gasteiger partial charge in [0, 0.05) is 16.7 Å². The number of hydrogen-bond donors (Lipinski definition) is 2. The molecule has 1 saturated carbocycles. The van der Waals surface area contributed by atoms with Crippen molar-refractivity contribution in [2.45, 2.75) is 31.2 Å². The molecule has 0 radical (unpaired) electrons. The number of carbonyl (C=O) groups is 6. The standard InChI is InChI=1S/C25H21N3O7/c29-18(13-35-19(30)12-28-23(33)25(27-24(28)34)10-3-4-11-25)26-17-9-5-8-16-20(17)22(32)15-7-2-1-6-14(15)21(16)31/h1-2,5-9H,3-4,10-13H2,(H,26,29)(H,27,34). The van der Waals surface area contributed by atoms with Crippen LogP contribution in [0.2, 0.25) is 0 Å². The molecule has 2 aromatic carbocycles. The first-order chi connectivity index (χ1) is 16.8. The van der Waals surface area contributed by atoms with Crippen molar-refractivity contribution in [3.8, 4) is 0 Å². The van der Waals surface area contributed by atoms with E-state index in [4.69, 9.17) is 4.74 Å². The first kappa shape index (κ1) is 22.5. The van der Waals surface area contributed by atoms with Gasteiger partial charge in [0.1, 0.15) is 12.1 Å². The molecule has 2 fully saturated rings. The molecule has 2 aliphatic carbocycles. The maximum absolute atomic E-state index is 13.0. The van der Waals surface area contributed by atoms with Crippen molar-refractivity contribution in [1.29, 1.82) is 0 Å². The third kappa shape index (κ3) is 3.76. The number of benzene rings is 2. The summed E-state index contributed by atoms with van der Waals surface area (Å²) in [6, 6.07) is 10.3. The van der Waals surface area contributed by atoms with Gasteiger partial charge in [-0.2, -0.15) is 0 Å². The van der Waals surface area contributed by atoms with Gasteiger partial charge >= 0.3 is 12.0 Å². The summed E-state index contributed by atoms with van der Waals surface area (Å²) in [4.78, 5) is 76.2. The SMILES string of the molecule is O=C(COC(=O)CN1C(=O)NC2(CCCC2)C1=O)Nc1cccc2c1C(=O)c1ccccc1C2=O. The molecule has 3 aliphatic rings. The van der Waals surface area contributed by atoms with Gasteiger partial charge in [0.25, 0.3) is 11.8 Å². The minimum Gasteiger partial charge on any atom is -0.454 e. The van der Waals surface area contributed by atoms with Crippen LogP contribution in [-0.2, 0) is 19.1 Å². The van der Waals surface area contributed by atoms with Crippen LogP contribution in [0.15, 0.2) is 42.5 Å². The van der Waals surface area contributed by atoms with Crippen LogP contribution in [-0.4, -0.2) is 59.0 Å². The Hall–Kier alpha value is -4.34. The number of nitrogens with zero attached hydrogens (tertiary/aromatic N) is 1. The van der Waals surface area contributed by atoms with Crippen LogP contribution in [0.3, 0.4) is 0 Å². The van der Waals surface area contributed by atoms with Crippen molar-refractivity contribution in [2.75, 3.05) is 18.5 Å². The summed E-state index contributed by atoms with van der Waals surface area (Å²) < 4.78 is 4.96. The van der Waals surface area contributed by atoms with Gasteiger partial charge < -0.3 is 15.4 Å². The Labute approximate surface area is 199 Å². The molecule has 1 aliphatic heterocycles. The summed E-state index contributed by atoms with van der Waals surface area (Å²) in [7, 11) is 0. The third-order valence-electron chi connectivity index (χ3n) is 6.58. The van der Waals surface area contributed by atoms with Gasteiger partial charge in [-0.15, -0.1) is 0 Å². The highest BCUT2D eigenvalue weighted by atomic mass is 16.5. The maximum atomic E-state index is 13.0. The van der Waals surface area contributed by atoms with Gasteiger partial charge in [-0.1, -0.05) is 49.2 Å². The van der Waals surface area contributed by atoms with E-state index >= 15 is 0 Å². The summed E-state index contributed by atoms with van der Waals surface area (Å²) in [6.45, 7) is -1.31. The number of esters is 1. The van der Waals surface area contributed by atoms with Gasteiger partial charge in [-0.05, 0) is 18.9 Å². The second-order valence-electron chi connectivity index (χ2n) is 8.75. The fourth-order valence-corrected chi connectivity index (χ4v) is 4.89. The van der Waals surface area contributed by atoms with Crippen molar-refractivity contribution in [3.63, 3.8) is 0 Å². The number of carbonyl (C=O) groups excluding carboxylic acids is 6. The van der Waals surface area contributed by atoms with E-state index in [-0.39, 0.29) is 28.2 Å². The number of imide groups is 1. The molecule has 2 aromatic rings. The van der Waals surface area contributed by atoms with Crippen LogP contribution in [0.4, 0.5) is 10.5 Å². The minimum absolute atomic E-state index is 0.0667. The molecule has 1 heterocycles. The van der Waals surface area contributed by atoms with Crippen LogP contribution in [0.1, 0.15) is 57.5 Å². The molecule has 0 unspecified atom stereocenters. The normalized spacial score (nSPS) is 17.8. The zero-order valence-corrected chi connectivity index (χ0v) is 18.6. The molecule has 4 amide bonds. The Morgan fingerprint density at radius 3 is 2.29 bits per heavy atom. The summed E-state index contributed by atoms with van der Waals surface area (Å²) in [5.74, 6) is -2.85. The van der Waals surface area contributed by atoms with Crippen molar-refractivity contribution in [2.24, 2.45) is 0 Å². The number of amides is 4. The van der Waals surface area contributed by atoms with Crippen LogP contribution in [0.5, 0.6) is 0 Å². The molecule has 2 N–H and O–H groups in total. The van der Waals surface area contributed by atoms with Crippen molar-refractivity contribution < 1.29 is 33.5 Å². The van der Waals surface area contributed by atoms with E-state index in [9.17, 15) is 28.8 Å². The largest absolute Gasteiger partial charge is 0.454 e. The minimum atomic E-state index is -0.941. The smallest absolute Gasteiger partial charge is 0.326 e. The van der Waals surface area contributed by atoms with Gasteiger partial charge in [0.05, 0.1) is 11.3 Å². The molecule has 5 rings (SSSR count). The van der Waals surface area contributed by atoms with E-state index < -0.39 is 48.3 Å². The lowest BCUT2D eigenvalue weighted by Crippen LogP contribution is -2.44. The highest BCUT2D eigenvalue weighted by Gasteiger charge is 2.52. The number of ketones is 2. The van der Waals surface area contributed by atoms with E-state index in [2.05, 4.69) is 10.6 Å². The van der Waals surface area contributed by atoms with Crippen molar-refractivity contribution in [3.05, 3.63) is 64.7 Å². The molecular weight excluding hydrogens is 454 g/mol. The van der Waals surface area contributed by atoms with E-state index in [0.29, 0.717) is 18.4 Å². The molecule has 1 saturated heterocycles. The van der Waals surface area contributed by atoms with Gasteiger partial charge in [0.2, 0.25) is 0 Å². The molecule has 1 spiro atoms. The van der Waals surface area contributed by atoms with E-state index in [0.717, 1.165) is 17.7 Å². The molecule has 178 valence electrons. The lowest BCUT2D eigenvalue weighted by molar-refractivity contribution is -0.150. The van der Waals surface area contributed by atoms with Crippen LogP contribution in [0, 0.1) is 0 Å². The summed E-state index contributed by atoms with van der Waals surface area (Å²) in [6.07, 6.45) is 2.68. The van der Waals surface area contributed by atoms with Gasteiger partial charge in [0.15, 0.2) is 18.2 Å². The average Bonchev–Trinajstić information content (AvgIpc) is 3.41. The first-order valence-corrected chi connectivity index (χ1v) is 11.2. The second kappa shape index (κ2) is 8.46. The lowest BCUT2D eigenvalue weighted by atomic mass is 9.83. The van der Waals surface area contributed by atoms with Crippen LogP contribution < -0.4 is 10.6 Å². The molecule has 10 heteroatoms. The predicted octanol–water partition coefficient (Wildman–Crippen LogP) is 1.81. The molecule has 0 aromatic heterocycles. The molecule has 35 heavy (non-hydrogen) atoms. The Balaban J connectivity index is 1.23. The number of fused-ring (bicyclic) bond motifs is 2. The first-order valence-electron chi connectivity index (χ1n) is 11.2. The van der Waals surface area contributed by atoms with Crippen molar-refractivity contribution >= 4 is 41.1 Å². The number of urea groups is 1. The number of anilines is 1. The van der Waals surface area contributed by atoms with Crippen LogP contribution >= 0.6 is 0 Å². The predicted molar refractivity (Wildman–Crippen MR) is 121 cm³/mol. The topological polar surface area (TPSA) is 139 Å². The number of rotatable bonds is 5. The Morgan fingerprint density at radius 2 is 1.57 bits per heavy atom. The summed E-state index contributed by atoms with van der Waals surface area (Å²) in [5, 5.41) is 5.18. The van der Waals surface area contributed by atoms with Gasteiger partial charge in [-0.25, -0.2) is 4.79 Å². The Bertz CT molecular complexity index is 1310. The average molecular weight is 475 g/mol. The number of ether oxygens (including phenoxy) is 1. The highest BCUT2D eigenvalue weighted by molar-refractivity contribution is 6.30. The maximum Gasteiger partial charge on any atom is 0.326 e. The lowest BCUT2D eigenvalue weighted by Gasteiger charge is -2.20. The van der Waals surface area contributed by atoms with Crippen molar-refractivity contribution in [1.82, 2.24) is 10.2 Å². The molecular formula is C25H21N3O7. The van der Waals surface area contributed by atoms with E-state index in [1.165, 1.54) is 18.2 Å². The second-order valence-corrected chi connectivity index (χ2v) is 8.75. The molecule has 10 nitrogen and oxygen atoms in total. The number of hydrogen-bond acceptors (Lipinski definition) is 7.